The molecule has 19 heavy (non-hydrogen) atoms. The van der Waals surface area contributed by atoms with E-state index in [0.29, 0.717) is 12.0 Å². The highest BCUT2D eigenvalue weighted by molar-refractivity contribution is 5.72. The van der Waals surface area contributed by atoms with Crippen molar-refractivity contribution >= 4 is 6.03 Å². The number of carbonyl (C=O) groups excluding carboxylic acids is 1. The molecule has 1 atom stereocenters. The minimum absolute atomic E-state index is 0.242. The molecular formula is C11H11F3N2O3. The fourth-order valence-electron chi connectivity index (χ4n) is 1.89. The van der Waals surface area contributed by atoms with Crippen molar-refractivity contribution in [2.24, 2.45) is 5.73 Å². The van der Waals surface area contributed by atoms with Crippen LogP contribution in [-0.4, -0.2) is 19.0 Å². The zero-order valence-corrected chi connectivity index (χ0v) is 9.66. The smallest absolute Gasteiger partial charge is 0.493 e. The molecule has 1 aliphatic heterocycles. The second-order valence-electron chi connectivity index (χ2n) is 3.95. The Balaban J connectivity index is 2.23. The molecule has 1 aromatic rings. The van der Waals surface area contributed by atoms with E-state index in [1.54, 1.807) is 0 Å². The maximum absolute atomic E-state index is 12.1. The maximum atomic E-state index is 12.1. The number of primary amides is 1. The van der Waals surface area contributed by atoms with Crippen LogP contribution in [-0.2, 0) is 0 Å². The first-order valence-electron chi connectivity index (χ1n) is 5.43. The van der Waals surface area contributed by atoms with Crippen LogP contribution in [0.2, 0.25) is 0 Å². The SMILES string of the molecule is NC(=O)N[C@@H]1CCOc2cc(OC(F)(F)F)ccc21. The number of nitrogens with two attached hydrogens (primary N) is 1. The van der Waals surface area contributed by atoms with Crippen LogP contribution < -0.4 is 20.5 Å². The van der Waals surface area contributed by atoms with Crippen molar-refractivity contribution in [2.45, 2.75) is 18.8 Å². The number of benzene rings is 1. The predicted octanol–water partition coefficient (Wildman–Crippen LogP) is 2.08. The molecule has 0 saturated heterocycles. The Bertz CT molecular complexity index is 491. The second-order valence-corrected chi connectivity index (χ2v) is 3.95. The number of amides is 2. The number of nitrogens with one attached hydrogen (secondary N) is 1. The van der Waals surface area contributed by atoms with E-state index in [1.165, 1.54) is 6.07 Å². The molecule has 2 amide bonds. The van der Waals surface area contributed by atoms with Gasteiger partial charge >= 0.3 is 12.4 Å². The van der Waals surface area contributed by atoms with E-state index < -0.39 is 12.4 Å². The summed E-state index contributed by atoms with van der Waals surface area (Å²) in [6, 6.07) is 2.64. The first-order valence-corrected chi connectivity index (χ1v) is 5.43. The molecule has 8 heteroatoms. The lowest BCUT2D eigenvalue weighted by Gasteiger charge is -2.26. The molecule has 1 aromatic carbocycles. The average Bonchev–Trinajstić information content (AvgIpc) is 2.26. The zero-order valence-electron chi connectivity index (χ0n) is 9.66. The Labute approximate surface area is 106 Å². The molecule has 3 N–H and O–H groups in total. The second kappa shape index (κ2) is 4.87. The van der Waals surface area contributed by atoms with E-state index in [9.17, 15) is 18.0 Å². The van der Waals surface area contributed by atoms with E-state index >= 15 is 0 Å². The minimum Gasteiger partial charge on any atom is -0.493 e. The number of urea groups is 1. The Morgan fingerprint density at radius 2 is 2.21 bits per heavy atom. The van der Waals surface area contributed by atoms with Gasteiger partial charge < -0.3 is 20.5 Å². The molecule has 1 heterocycles. The van der Waals surface area contributed by atoms with Crippen molar-refractivity contribution in [2.75, 3.05) is 6.61 Å². The molecule has 0 saturated carbocycles. The lowest BCUT2D eigenvalue weighted by atomic mass is 10.0. The van der Waals surface area contributed by atoms with Crippen LogP contribution in [0, 0.1) is 0 Å². The summed E-state index contributed by atoms with van der Waals surface area (Å²) in [5.41, 5.74) is 5.60. The van der Waals surface area contributed by atoms with Gasteiger partial charge in [0, 0.05) is 18.1 Å². The Hall–Kier alpha value is -2.12. The normalized spacial score (nSPS) is 18.2. The third kappa shape index (κ3) is 3.43. The maximum Gasteiger partial charge on any atom is 0.573 e. The van der Waals surface area contributed by atoms with Crippen molar-refractivity contribution in [1.29, 1.82) is 0 Å². The molecule has 0 unspecified atom stereocenters. The zero-order chi connectivity index (χ0) is 14.0. The summed E-state index contributed by atoms with van der Waals surface area (Å²) in [4.78, 5) is 10.8. The number of hydrogen-bond acceptors (Lipinski definition) is 3. The topological polar surface area (TPSA) is 73.6 Å². The van der Waals surface area contributed by atoms with Gasteiger partial charge in [0.15, 0.2) is 0 Å². The highest BCUT2D eigenvalue weighted by Crippen LogP contribution is 2.36. The molecular weight excluding hydrogens is 265 g/mol. The van der Waals surface area contributed by atoms with E-state index in [1.807, 2.05) is 0 Å². The summed E-state index contributed by atoms with van der Waals surface area (Å²) in [7, 11) is 0. The van der Waals surface area contributed by atoms with Crippen molar-refractivity contribution in [3.05, 3.63) is 23.8 Å². The average molecular weight is 276 g/mol. The fourth-order valence-corrected chi connectivity index (χ4v) is 1.89. The molecule has 5 nitrogen and oxygen atoms in total. The van der Waals surface area contributed by atoms with Crippen LogP contribution in [0.1, 0.15) is 18.0 Å². The highest BCUT2D eigenvalue weighted by atomic mass is 19.4. The molecule has 104 valence electrons. The first-order chi connectivity index (χ1) is 8.85. The van der Waals surface area contributed by atoms with Gasteiger partial charge in [0.2, 0.25) is 0 Å². The van der Waals surface area contributed by atoms with Crippen LogP contribution in [0.3, 0.4) is 0 Å². The summed E-state index contributed by atoms with van der Waals surface area (Å²) in [6.07, 6.45) is -4.26. The number of ether oxygens (including phenoxy) is 2. The van der Waals surface area contributed by atoms with Crippen molar-refractivity contribution in [3.63, 3.8) is 0 Å². The molecule has 1 aliphatic rings. The Kier molecular flexibility index (Phi) is 3.41. The monoisotopic (exact) mass is 276 g/mol. The summed E-state index contributed by atoms with van der Waals surface area (Å²) in [5, 5.41) is 2.50. The molecule has 0 aliphatic carbocycles. The number of fused-ring (bicyclic) bond motifs is 1. The van der Waals surface area contributed by atoms with Crippen LogP contribution in [0.25, 0.3) is 0 Å². The molecule has 0 bridgehead atoms. The number of halogens is 3. The number of alkyl halides is 3. The largest absolute Gasteiger partial charge is 0.573 e. The number of rotatable bonds is 2. The highest BCUT2D eigenvalue weighted by Gasteiger charge is 2.32. The van der Waals surface area contributed by atoms with Crippen molar-refractivity contribution < 1.29 is 27.4 Å². The van der Waals surface area contributed by atoms with Crippen LogP contribution in [0.15, 0.2) is 18.2 Å². The minimum atomic E-state index is -4.76. The van der Waals surface area contributed by atoms with Gasteiger partial charge in [0.05, 0.1) is 12.6 Å². The Morgan fingerprint density at radius 1 is 1.47 bits per heavy atom. The number of hydrogen-bond donors (Lipinski definition) is 2. The van der Waals surface area contributed by atoms with Crippen LogP contribution in [0.4, 0.5) is 18.0 Å². The summed E-state index contributed by atoms with van der Waals surface area (Å²) < 4.78 is 45.3. The first kappa shape index (κ1) is 13.3. The van der Waals surface area contributed by atoms with Gasteiger partial charge in [-0.2, -0.15) is 0 Å². The quantitative estimate of drug-likeness (QED) is 0.868. The van der Waals surface area contributed by atoms with E-state index in [4.69, 9.17) is 10.5 Å². The van der Waals surface area contributed by atoms with Gasteiger partial charge in [-0.25, -0.2) is 4.79 Å². The lowest BCUT2D eigenvalue weighted by molar-refractivity contribution is -0.274. The standard InChI is InChI=1S/C11H11F3N2O3/c12-11(13,14)19-6-1-2-7-8(16-10(15)17)3-4-18-9(7)5-6/h1-2,5,8H,3-4H2,(H3,15,16,17)/t8-/m1/s1. The predicted molar refractivity (Wildman–Crippen MR) is 58.7 cm³/mol. The molecule has 0 aromatic heterocycles. The molecule has 2 rings (SSSR count). The fraction of sp³-hybridized carbons (Fsp3) is 0.364. The summed E-state index contributed by atoms with van der Waals surface area (Å²) in [6.45, 7) is 0.271. The molecule has 0 fully saturated rings. The van der Waals surface area contributed by atoms with Gasteiger partial charge in [-0.05, 0) is 12.1 Å². The third-order valence-electron chi connectivity index (χ3n) is 2.57. The molecule has 0 spiro atoms. The van der Waals surface area contributed by atoms with Crippen molar-refractivity contribution in [3.8, 4) is 11.5 Å². The number of carbonyl (C=O) groups is 1. The van der Waals surface area contributed by atoms with E-state index in [-0.39, 0.29) is 24.1 Å². The van der Waals surface area contributed by atoms with Gasteiger partial charge in [0.25, 0.3) is 0 Å². The van der Waals surface area contributed by atoms with Gasteiger partial charge in [-0.3, -0.25) is 0 Å². The van der Waals surface area contributed by atoms with E-state index in [0.717, 1.165) is 12.1 Å². The Morgan fingerprint density at radius 3 is 2.84 bits per heavy atom. The summed E-state index contributed by atoms with van der Waals surface area (Å²) in [5.74, 6) is -0.127. The van der Waals surface area contributed by atoms with Gasteiger partial charge in [-0.15, -0.1) is 13.2 Å². The van der Waals surface area contributed by atoms with Crippen LogP contribution in [0.5, 0.6) is 11.5 Å². The summed E-state index contributed by atoms with van der Waals surface area (Å²) >= 11 is 0. The van der Waals surface area contributed by atoms with Gasteiger partial charge in [-0.1, -0.05) is 0 Å². The van der Waals surface area contributed by atoms with Gasteiger partial charge in [0.1, 0.15) is 11.5 Å². The van der Waals surface area contributed by atoms with Crippen molar-refractivity contribution in [1.82, 2.24) is 5.32 Å². The lowest BCUT2D eigenvalue weighted by Crippen LogP contribution is -2.35. The third-order valence-corrected chi connectivity index (χ3v) is 2.57. The molecule has 0 radical (unpaired) electrons. The van der Waals surface area contributed by atoms with Crippen LogP contribution >= 0.6 is 0 Å². The van der Waals surface area contributed by atoms with E-state index in [2.05, 4.69) is 10.1 Å².